The maximum atomic E-state index is 13.2. The second-order valence-electron chi connectivity index (χ2n) is 9.24. The quantitative estimate of drug-likeness (QED) is 0.190. The lowest BCUT2D eigenvalue weighted by Crippen LogP contribution is -2.49. The van der Waals surface area contributed by atoms with Crippen molar-refractivity contribution in [2.45, 2.75) is 13.0 Å². The number of carbonyl (C=O) groups excluding carboxylic acids is 1. The number of carbonyl (C=O) groups is 1. The molecule has 0 aliphatic carbocycles. The smallest absolute Gasteiger partial charge is 0.264 e. The van der Waals surface area contributed by atoms with Gasteiger partial charge in [-0.3, -0.25) is 4.79 Å². The first kappa shape index (κ1) is 26.4. The maximum Gasteiger partial charge on any atom is 0.264 e. The highest BCUT2D eigenvalue weighted by molar-refractivity contribution is 9.10. The van der Waals surface area contributed by atoms with Gasteiger partial charge in [-0.2, -0.15) is 5.26 Å². The number of hydrogen-bond acceptors (Lipinski definition) is 6. The van der Waals surface area contributed by atoms with Crippen LogP contribution in [0.2, 0.25) is 0 Å². The summed E-state index contributed by atoms with van der Waals surface area (Å²) in [7, 11) is 0. The number of fused-ring (bicyclic) bond motifs is 1. The van der Waals surface area contributed by atoms with Crippen molar-refractivity contribution in [3.05, 3.63) is 100 Å². The largest absolute Gasteiger partial charge is 0.487 e. The van der Waals surface area contributed by atoms with Crippen molar-refractivity contribution in [1.29, 1.82) is 5.26 Å². The Morgan fingerprint density at radius 1 is 1.05 bits per heavy atom. The number of amides is 1. The van der Waals surface area contributed by atoms with E-state index in [0.29, 0.717) is 37.6 Å². The van der Waals surface area contributed by atoms with Crippen LogP contribution in [0.5, 0.6) is 17.2 Å². The molecule has 8 heteroatoms. The molecule has 0 radical (unpaired) electrons. The van der Waals surface area contributed by atoms with E-state index in [0.717, 1.165) is 45.7 Å². The molecule has 5 rings (SSSR count). The summed E-state index contributed by atoms with van der Waals surface area (Å²) in [6, 6.07) is 21.8. The van der Waals surface area contributed by atoms with Gasteiger partial charge in [0.2, 0.25) is 6.79 Å². The molecule has 2 aliphatic rings. The Labute approximate surface area is 236 Å². The minimum absolute atomic E-state index is 0.105. The van der Waals surface area contributed by atoms with Gasteiger partial charge in [0.05, 0.1) is 4.47 Å². The van der Waals surface area contributed by atoms with Gasteiger partial charge in [0.1, 0.15) is 24.0 Å². The predicted octanol–water partition coefficient (Wildman–Crippen LogP) is 5.74. The molecule has 1 fully saturated rings. The zero-order valence-corrected chi connectivity index (χ0v) is 23.0. The Balaban J connectivity index is 1.29. The van der Waals surface area contributed by atoms with Gasteiger partial charge in [0.15, 0.2) is 11.5 Å². The molecule has 0 aromatic heterocycles. The number of ether oxygens (including phenoxy) is 3. The van der Waals surface area contributed by atoms with Crippen LogP contribution in [-0.2, 0) is 17.8 Å². The number of nitrogens with zero attached hydrogens (tertiary/aromatic N) is 3. The molecule has 0 N–H and O–H groups in total. The second kappa shape index (κ2) is 12.1. The number of benzene rings is 3. The Hall–Kier alpha value is -4.22. The zero-order valence-electron chi connectivity index (χ0n) is 21.4. The lowest BCUT2D eigenvalue weighted by atomic mass is 10.0. The number of anilines is 1. The summed E-state index contributed by atoms with van der Waals surface area (Å²) in [6.07, 6.45) is 4.00. The first-order valence-electron chi connectivity index (χ1n) is 12.7. The highest BCUT2D eigenvalue weighted by atomic mass is 79.9. The van der Waals surface area contributed by atoms with Gasteiger partial charge < -0.3 is 24.0 Å². The summed E-state index contributed by atoms with van der Waals surface area (Å²) in [6.45, 7) is 7.00. The average Bonchev–Trinajstić information content (AvgIpc) is 3.44. The fourth-order valence-corrected chi connectivity index (χ4v) is 5.33. The molecular weight excluding hydrogens is 558 g/mol. The van der Waals surface area contributed by atoms with Crippen molar-refractivity contribution in [3.8, 4) is 23.3 Å². The average molecular weight is 586 g/mol. The third kappa shape index (κ3) is 6.10. The highest BCUT2D eigenvalue weighted by Crippen LogP contribution is 2.35. The number of hydrogen-bond donors (Lipinski definition) is 0. The van der Waals surface area contributed by atoms with Crippen molar-refractivity contribution < 1.29 is 19.0 Å². The number of rotatable bonds is 8. The number of piperazine rings is 1. The fourth-order valence-electron chi connectivity index (χ4n) is 4.70. The minimum atomic E-state index is -0.255. The zero-order chi connectivity index (χ0) is 27.2. The van der Waals surface area contributed by atoms with Gasteiger partial charge in [-0.1, -0.05) is 30.3 Å². The van der Waals surface area contributed by atoms with Crippen LogP contribution in [0.15, 0.2) is 83.4 Å². The van der Waals surface area contributed by atoms with Gasteiger partial charge in [-0.25, -0.2) is 0 Å². The van der Waals surface area contributed by atoms with Crippen LogP contribution in [0.25, 0.3) is 6.08 Å². The minimum Gasteiger partial charge on any atom is -0.487 e. The Bertz CT molecular complexity index is 1440. The van der Waals surface area contributed by atoms with E-state index in [2.05, 4.69) is 45.6 Å². The summed E-state index contributed by atoms with van der Waals surface area (Å²) in [4.78, 5) is 17.2. The molecule has 0 unspecified atom stereocenters. The third-order valence-electron chi connectivity index (χ3n) is 6.68. The van der Waals surface area contributed by atoms with Crippen LogP contribution in [0.3, 0.4) is 0 Å². The molecule has 3 aromatic rings. The number of allylic oxidation sites excluding steroid dienone is 1. The van der Waals surface area contributed by atoms with Crippen molar-refractivity contribution in [2.75, 3.05) is 37.9 Å². The fraction of sp³-hybridized carbons (Fsp3) is 0.226. The third-order valence-corrected chi connectivity index (χ3v) is 7.27. The molecule has 1 saturated heterocycles. The lowest BCUT2D eigenvalue weighted by Gasteiger charge is -2.36. The monoisotopic (exact) mass is 585 g/mol. The number of para-hydroxylation sites is 1. The van der Waals surface area contributed by atoms with Crippen LogP contribution >= 0.6 is 15.9 Å². The SMILES string of the molecule is C=CCc1cc(/C=C(/C#N)C(=O)N2CCN(c3ccccc3)CC2)cc(Br)c1OCc1ccc2c(c1)OCO2. The summed E-state index contributed by atoms with van der Waals surface area (Å²) >= 11 is 3.63. The van der Waals surface area contributed by atoms with E-state index in [1.807, 2.05) is 48.5 Å². The summed E-state index contributed by atoms with van der Waals surface area (Å²) < 4.78 is 17.8. The molecule has 0 bridgehead atoms. The van der Waals surface area contributed by atoms with E-state index in [-0.39, 0.29) is 18.3 Å². The maximum absolute atomic E-state index is 13.2. The molecular formula is C31H28BrN3O4. The van der Waals surface area contributed by atoms with Crippen molar-refractivity contribution in [2.24, 2.45) is 0 Å². The summed E-state index contributed by atoms with van der Waals surface area (Å²) in [5.41, 5.74) is 3.83. The molecule has 7 nitrogen and oxygen atoms in total. The first-order chi connectivity index (χ1) is 19.1. The van der Waals surface area contributed by atoms with E-state index in [1.54, 1.807) is 17.1 Å². The normalized spacial score (nSPS) is 14.6. The molecule has 39 heavy (non-hydrogen) atoms. The van der Waals surface area contributed by atoms with E-state index in [1.165, 1.54) is 0 Å². The van der Waals surface area contributed by atoms with E-state index < -0.39 is 0 Å². The Kier molecular flexibility index (Phi) is 8.18. The van der Waals surface area contributed by atoms with E-state index in [9.17, 15) is 10.1 Å². The summed E-state index contributed by atoms with van der Waals surface area (Å²) in [5, 5.41) is 9.84. The second-order valence-corrected chi connectivity index (χ2v) is 10.1. The number of halogens is 1. The van der Waals surface area contributed by atoms with Crippen molar-refractivity contribution in [1.82, 2.24) is 4.90 Å². The summed E-state index contributed by atoms with van der Waals surface area (Å²) in [5.74, 6) is 1.86. The van der Waals surface area contributed by atoms with Gasteiger partial charge in [0, 0.05) is 31.9 Å². The Morgan fingerprint density at radius 2 is 1.82 bits per heavy atom. The molecule has 198 valence electrons. The molecule has 2 aliphatic heterocycles. The van der Waals surface area contributed by atoms with Crippen LogP contribution in [-0.4, -0.2) is 43.8 Å². The standard InChI is InChI=1S/C31H28BrN3O4/c1-2-6-24-15-23(17-27(32)30(24)37-20-22-9-10-28-29(18-22)39-21-38-28)16-25(19-33)31(36)35-13-11-34(12-14-35)26-7-4-3-5-8-26/h2-5,7-10,15-18H,1,6,11-14,20-21H2/b25-16-. The molecule has 2 heterocycles. The highest BCUT2D eigenvalue weighted by Gasteiger charge is 2.24. The van der Waals surface area contributed by atoms with Gasteiger partial charge >= 0.3 is 0 Å². The predicted molar refractivity (Wildman–Crippen MR) is 154 cm³/mol. The van der Waals surface area contributed by atoms with E-state index in [4.69, 9.17) is 14.2 Å². The molecule has 3 aromatic carbocycles. The first-order valence-corrected chi connectivity index (χ1v) is 13.5. The molecule has 0 atom stereocenters. The lowest BCUT2D eigenvalue weighted by molar-refractivity contribution is -0.126. The van der Waals surface area contributed by atoms with Gasteiger partial charge in [0.25, 0.3) is 5.91 Å². The van der Waals surface area contributed by atoms with Gasteiger partial charge in [-0.05, 0) is 81.5 Å². The van der Waals surface area contributed by atoms with Crippen LogP contribution in [0.4, 0.5) is 5.69 Å². The molecule has 0 spiro atoms. The van der Waals surface area contributed by atoms with Gasteiger partial charge in [-0.15, -0.1) is 6.58 Å². The van der Waals surface area contributed by atoms with Crippen LogP contribution in [0, 0.1) is 11.3 Å². The van der Waals surface area contributed by atoms with Crippen LogP contribution < -0.4 is 19.1 Å². The van der Waals surface area contributed by atoms with Crippen molar-refractivity contribution in [3.63, 3.8) is 0 Å². The van der Waals surface area contributed by atoms with Crippen molar-refractivity contribution >= 4 is 33.6 Å². The van der Waals surface area contributed by atoms with Crippen LogP contribution in [0.1, 0.15) is 16.7 Å². The van der Waals surface area contributed by atoms with E-state index >= 15 is 0 Å². The Morgan fingerprint density at radius 3 is 2.56 bits per heavy atom. The topological polar surface area (TPSA) is 75.0 Å². The molecule has 0 saturated carbocycles. The molecule has 1 amide bonds. The number of nitriles is 1.